The van der Waals surface area contributed by atoms with Gasteiger partial charge in [0.2, 0.25) is 10.0 Å². The van der Waals surface area contributed by atoms with Crippen LogP contribution in [0.4, 0.5) is 5.69 Å². The summed E-state index contributed by atoms with van der Waals surface area (Å²) in [5, 5.41) is 2.88. The van der Waals surface area contributed by atoms with Crippen LogP contribution in [0.3, 0.4) is 0 Å². The molecule has 1 aromatic carbocycles. The molecular weight excluding hydrogens is 288 g/mol. The second-order valence-corrected chi connectivity index (χ2v) is 7.79. The van der Waals surface area contributed by atoms with Crippen LogP contribution in [0.2, 0.25) is 0 Å². The van der Waals surface area contributed by atoms with E-state index in [9.17, 15) is 13.2 Å². The molecule has 1 heterocycles. The summed E-state index contributed by atoms with van der Waals surface area (Å²) >= 11 is 0. The minimum atomic E-state index is -3.26. The molecule has 0 radical (unpaired) electrons. The monoisotopic (exact) mass is 310 g/mol. The fraction of sp³-hybridized carbons (Fsp3) is 0.533. The third-order valence-electron chi connectivity index (χ3n) is 3.49. The molecule has 0 spiro atoms. The highest BCUT2D eigenvalue weighted by atomic mass is 32.2. The third kappa shape index (κ3) is 3.75. The molecular formula is C15H22N2O3S. The second kappa shape index (κ2) is 6.05. The van der Waals surface area contributed by atoms with E-state index in [0.29, 0.717) is 30.3 Å². The molecule has 0 atom stereocenters. The highest BCUT2D eigenvalue weighted by Gasteiger charge is 2.24. The zero-order valence-electron chi connectivity index (χ0n) is 12.7. The number of hydrogen-bond donors (Lipinski definition) is 1. The second-order valence-electron chi connectivity index (χ2n) is 5.89. The highest BCUT2D eigenvalue weighted by Crippen LogP contribution is 2.29. The van der Waals surface area contributed by atoms with Crippen molar-refractivity contribution in [1.29, 1.82) is 0 Å². The predicted octanol–water partition coefficient (Wildman–Crippen LogP) is 1.78. The Morgan fingerprint density at radius 3 is 2.71 bits per heavy atom. The number of sulfonamides is 1. The van der Waals surface area contributed by atoms with E-state index in [0.717, 1.165) is 18.4 Å². The normalized spacial score (nSPS) is 15.0. The molecule has 1 amide bonds. The zero-order chi connectivity index (χ0) is 15.6. The molecule has 0 saturated carbocycles. The predicted molar refractivity (Wildman–Crippen MR) is 84.1 cm³/mol. The lowest BCUT2D eigenvalue weighted by atomic mass is 10.0. The van der Waals surface area contributed by atoms with E-state index in [-0.39, 0.29) is 5.91 Å². The van der Waals surface area contributed by atoms with E-state index >= 15 is 0 Å². The number of aryl methyl sites for hydroxylation is 1. The van der Waals surface area contributed by atoms with E-state index in [1.54, 1.807) is 12.1 Å². The Morgan fingerprint density at radius 1 is 1.38 bits per heavy atom. The van der Waals surface area contributed by atoms with Gasteiger partial charge in [0.05, 0.1) is 11.9 Å². The molecule has 0 fully saturated rings. The van der Waals surface area contributed by atoms with E-state index < -0.39 is 10.0 Å². The summed E-state index contributed by atoms with van der Waals surface area (Å²) in [5.41, 5.74) is 2.21. The van der Waals surface area contributed by atoms with Gasteiger partial charge in [-0.2, -0.15) is 0 Å². The van der Waals surface area contributed by atoms with Gasteiger partial charge in [-0.25, -0.2) is 8.42 Å². The van der Waals surface area contributed by atoms with Crippen LogP contribution in [0.15, 0.2) is 18.2 Å². The molecule has 0 aliphatic carbocycles. The number of benzene rings is 1. The van der Waals surface area contributed by atoms with Gasteiger partial charge >= 0.3 is 0 Å². The van der Waals surface area contributed by atoms with Crippen LogP contribution in [0.1, 0.15) is 36.2 Å². The van der Waals surface area contributed by atoms with Gasteiger partial charge in [0.1, 0.15) is 0 Å². The Kier molecular flexibility index (Phi) is 4.56. The standard InChI is InChI=1S/C15H22N2O3S/c1-11(2)10-16-15(18)13-6-7-14-12(9-13)5-4-8-17(14)21(3,19)20/h6-7,9,11H,4-5,8,10H2,1-3H3,(H,16,18). The molecule has 6 heteroatoms. The first-order valence-corrected chi connectivity index (χ1v) is 9.02. The lowest BCUT2D eigenvalue weighted by Gasteiger charge is -2.29. The minimum absolute atomic E-state index is 0.108. The average Bonchev–Trinajstić information content (AvgIpc) is 2.42. The van der Waals surface area contributed by atoms with Crippen molar-refractivity contribution in [3.05, 3.63) is 29.3 Å². The number of carbonyl (C=O) groups excluding carboxylic acids is 1. The maximum absolute atomic E-state index is 12.1. The average molecular weight is 310 g/mol. The van der Waals surface area contributed by atoms with Crippen molar-refractivity contribution in [2.24, 2.45) is 5.92 Å². The number of amides is 1. The third-order valence-corrected chi connectivity index (χ3v) is 4.67. The number of carbonyl (C=O) groups is 1. The van der Waals surface area contributed by atoms with E-state index in [1.807, 2.05) is 19.9 Å². The van der Waals surface area contributed by atoms with Crippen molar-refractivity contribution in [3.63, 3.8) is 0 Å². The fourth-order valence-electron chi connectivity index (χ4n) is 2.45. The maximum Gasteiger partial charge on any atom is 0.251 e. The number of fused-ring (bicyclic) bond motifs is 1. The summed E-state index contributed by atoms with van der Waals surface area (Å²) in [4.78, 5) is 12.1. The summed E-state index contributed by atoms with van der Waals surface area (Å²) in [5.74, 6) is 0.287. The fourth-order valence-corrected chi connectivity index (χ4v) is 3.44. The summed E-state index contributed by atoms with van der Waals surface area (Å²) in [6.45, 7) is 5.21. The lowest BCUT2D eigenvalue weighted by Crippen LogP contribution is -2.35. The molecule has 1 aliphatic heterocycles. The zero-order valence-corrected chi connectivity index (χ0v) is 13.5. The summed E-state index contributed by atoms with van der Waals surface area (Å²) in [7, 11) is -3.26. The molecule has 1 aromatic rings. The molecule has 0 unspecified atom stereocenters. The molecule has 0 saturated heterocycles. The Hall–Kier alpha value is -1.56. The van der Waals surface area contributed by atoms with Crippen LogP contribution < -0.4 is 9.62 Å². The first-order chi connectivity index (χ1) is 9.79. The molecule has 2 rings (SSSR count). The molecule has 116 valence electrons. The van der Waals surface area contributed by atoms with Crippen molar-refractivity contribution in [3.8, 4) is 0 Å². The minimum Gasteiger partial charge on any atom is -0.352 e. The first kappa shape index (κ1) is 15.8. The topological polar surface area (TPSA) is 66.5 Å². The van der Waals surface area contributed by atoms with Crippen molar-refractivity contribution in [1.82, 2.24) is 5.32 Å². The van der Waals surface area contributed by atoms with Gasteiger partial charge in [-0.1, -0.05) is 13.8 Å². The number of anilines is 1. The molecule has 0 bridgehead atoms. The van der Waals surface area contributed by atoms with E-state index in [1.165, 1.54) is 10.6 Å². The number of rotatable bonds is 4. The van der Waals surface area contributed by atoms with Crippen LogP contribution >= 0.6 is 0 Å². The van der Waals surface area contributed by atoms with Gasteiger partial charge in [-0.3, -0.25) is 9.10 Å². The van der Waals surface area contributed by atoms with Crippen molar-refractivity contribution < 1.29 is 13.2 Å². The van der Waals surface area contributed by atoms with Crippen LogP contribution in [0.5, 0.6) is 0 Å². The van der Waals surface area contributed by atoms with Gasteiger partial charge < -0.3 is 5.32 Å². The van der Waals surface area contributed by atoms with E-state index in [2.05, 4.69) is 5.32 Å². The van der Waals surface area contributed by atoms with E-state index in [4.69, 9.17) is 0 Å². The number of nitrogens with one attached hydrogen (secondary N) is 1. The Labute approximate surface area is 126 Å². The molecule has 1 N–H and O–H groups in total. The van der Waals surface area contributed by atoms with Crippen molar-refractivity contribution in [2.45, 2.75) is 26.7 Å². The van der Waals surface area contributed by atoms with Gasteiger partial charge in [0.15, 0.2) is 0 Å². The Morgan fingerprint density at radius 2 is 2.10 bits per heavy atom. The van der Waals surface area contributed by atoms with Gasteiger partial charge in [-0.15, -0.1) is 0 Å². The highest BCUT2D eigenvalue weighted by molar-refractivity contribution is 7.92. The van der Waals surface area contributed by atoms with Crippen molar-refractivity contribution in [2.75, 3.05) is 23.7 Å². The largest absolute Gasteiger partial charge is 0.352 e. The smallest absolute Gasteiger partial charge is 0.251 e. The number of hydrogen-bond acceptors (Lipinski definition) is 3. The van der Waals surface area contributed by atoms with Crippen LogP contribution in [-0.4, -0.2) is 33.7 Å². The SMILES string of the molecule is CC(C)CNC(=O)c1ccc2c(c1)CCCN2S(C)(=O)=O. The van der Waals surface area contributed by atoms with Crippen molar-refractivity contribution >= 4 is 21.6 Å². The van der Waals surface area contributed by atoms with Crippen LogP contribution in [0.25, 0.3) is 0 Å². The summed E-state index contributed by atoms with van der Waals surface area (Å²) < 4.78 is 25.0. The summed E-state index contributed by atoms with van der Waals surface area (Å²) in [6, 6.07) is 5.24. The first-order valence-electron chi connectivity index (χ1n) is 7.18. The Balaban J connectivity index is 2.25. The lowest BCUT2D eigenvalue weighted by molar-refractivity contribution is 0.0949. The van der Waals surface area contributed by atoms with Gasteiger partial charge in [-0.05, 0) is 42.5 Å². The van der Waals surface area contributed by atoms with Gasteiger partial charge in [0, 0.05) is 18.7 Å². The molecule has 21 heavy (non-hydrogen) atoms. The molecule has 0 aromatic heterocycles. The van der Waals surface area contributed by atoms with Gasteiger partial charge in [0.25, 0.3) is 5.91 Å². The molecule has 1 aliphatic rings. The van der Waals surface area contributed by atoms with Crippen LogP contribution in [0, 0.1) is 5.92 Å². The Bertz CT molecular complexity index is 638. The maximum atomic E-state index is 12.1. The molecule has 5 nitrogen and oxygen atoms in total. The number of nitrogens with zero attached hydrogens (tertiary/aromatic N) is 1. The summed E-state index contributed by atoms with van der Waals surface area (Å²) in [6.07, 6.45) is 2.79. The quantitative estimate of drug-likeness (QED) is 0.922. The van der Waals surface area contributed by atoms with Crippen LogP contribution in [-0.2, 0) is 16.4 Å².